The van der Waals surface area contributed by atoms with Gasteiger partial charge in [0.15, 0.2) is 0 Å². The average Bonchev–Trinajstić information content (AvgIpc) is 2.78. The van der Waals surface area contributed by atoms with Crippen molar-refractivity contribution in [1.29, 1.82) is 0 Å². The van der Waals surface area contributed by atoms with Crippen LogP contribution in [0.1, 0.15) is 16.6 Å². The maximum absolute atomic E-state index is 5.92. The lowest BCUT2D eigenvalue weighted by Gasteiger charge is -2.10. The monoisotopic (exact) mass is 241 g/mol. The molecule has 0 amide bonds. The molecule has 2 heterocycles. The quantitative estimate of drug-likeness (QED) is 0.895. The normalized spacial score (nSPS) is 13.0. The molecule has 2 rings (SSSR count). The van der Waals surface area contributed by atoms with E-state index in [1.807, 2.05) is 37.0 Å². The van der Waals surface area contributed by atoms with E-state index < -0.39 is 0 Å². The van der Waals surface area contributed by atoms with Gasteiger partial charge in [-0.25, -0.2) is 4.98 Å². The minimum absolute atomic E-state index is 0.128. The number of nitrogens with one attached hydrogen (secondary N) is 1. The van der Waals surface area contributed by atoms with Crippen LogP contribution < -0.4 is 5.32 Å². The van der Waals surface area contributed by atoms with Crippen LogP contribution in [0.25, 0.3) is 0 Å². The zero-order valence-electron chi connectivity index (χ0n) is 8.57. The number of hydrogen-bond acceptors (Lipinski definition) is 3. The second-order valence-corrected chi connectivity index (χ2v) is 5.07. The van der Waals surface area contributed by atoms with E-state index in [0.717, 1.165) is 10.0 Å². The van der Waals surface area contributed by atoms with Crippen LogP contribution in [-0.2, 0) is 7.05 Å². The van der Waals surface area contributed by atoms with Crippen molar-refractivity contribution in [2.45, 2.75) is 6.04 Å². The molecule has 2 aromatic heterocycles. The van der Waals surface area contributed by atoms with Crippen LogP contribution in [0, 0.1) is 0 Å². The van der Waals surface area contributed by atoms with E-state index in [1.54, 1.807) is 17.7 Å². The van der Waals surface area contributed by atoms with Gasteiger partial charge >= 0.3 is 0 Å². The van der Waals surface area contributed by atoms with E-state index in [-0.39, 0.29) is 6.04 Å². The predicted octanol–water partition coefficient (Wildman–Crippen LogP) is 2.44. The number of nitrogens with zero attached hydrogens (tertiary/aromatic N) is 2. The minimum Gasteiger partial charge on any atom is -0.340 e. The second kappa shape index (κ2) is 4.35. The fraction of sp³-hybridized carbons (Fsp3) is 0.300. The summed E-state index contributed by atoms with van der Waals surface area (Å²) in [7, 11) is 3.89. The highest BCUT2D eigenvalue weighted by atomic mass is 35.5. The Morgan fingerprint density at radius 1 is 1.53 bits per heavy atom. The molecule has 0 bridgehead atoms. The van der Waals surface area contributed by atoms with Crippen LogP contribution in [0.2, 0.25) is 4.34 Å². The maximum atomic E-state index is 5.92. The molecule has 15 heavy (non-hydrogen) atoms. The van der Waals surface area contributed by atoms with E-state index in [1.165, 1.54) is 4.88 Å². The number of rotatable bonds is 3. The van der Waals surface area contributed by atoms with E-state index in [2.05, 4.69) is 10.3 Å². The molecule has 1 unspecified atom stereocenters. The predicted molar refractivity (Wildman–Crippen MR) is 63.4 cm³/mol. The standard InChI is InChI=1S/C10H12ClN3S/c1-12-10(7-5-14(2)6-13-7)8-3-4-9(11)15-8/h3-6,10,12H,1-2H3. The number of aryl methyl sites for hydroxylation is 1. The van der Waals surface area contributed by atoms with Crippen molar-refractivity contribution >= 4 is 22.9 Å². The molecule has 0 aliphatic rings. The van der Waals surface area contributed by atoms with Crippen molar-refractivity contribution in [1.82, 2.24) is 14.9 Å². The van der Waals surface area contributed by atoms with Gasteiger partial charge in [0.25, 0.3) is 0 Å². The van der Waals surface area contributed by atoms with Gasteiger partial charge in [-0.05, 0) is 19.2 Å². The smallest absolute Gasteiger partial charge is 0.0947 e. The van der Waals surface area contributed by atoms with Crippen LogP contribution in [0.5, 0.6) is 0 Å². The van der Waals surface area contributed by atoms with Gasteiger partial charge in [-0.1, -0.05) is 11.6 Å². The summed E-state index contributed by atoms with van der Waals surface area (Å²) in [5.74, 6) is 0. The lowest BCUT2D eigenvalue weighted by Crippen LogP contribution is -2.16. The summed E-state index contributed by atoms with van der Waals surface area (Å²) in [5.41, 5.74) is 1.01. The Bertz CT molecular complexity index is 409. The number of halogens is 1. The molecule has 5 heteroatoms. The molecule has 0 radical (unpaired) electrons. The summed E-state index contributed by atoms with van der Waals surface area (Å²) >= 11 is 7.50. The van der Waals surface area contributed by atoms with Gasteiger partial charge in [-0.2, -0.15) is 0 Å². The molecule has 1 N–H and O–H groups in total. The van der Waals surface area contributed by atoms with E-state index in [4.69, 9.17) is 11.6 Å². The van der Waals surface area contributed by atoms with Crippen molar-refractivity contribution in [2.24, 2.45) is 7.05 Å². The third-order valence-corrected chi connectivity index (χ3v) is 3.48. The van der Waals surface area contributed by atoms with Crippen LogP contribution >= 0.6 is 22.9 Å². The summed E-state index contributed by atoms with van der Waals surface area (Å²) < 4.78 is 2.75. The van der Waals surface area contributed by atoms with Gasteiger partial charge in [-0.15, -0.1) is 11.3 Å². The van der Waals surface area contributed by atoms with Gasteiger partial charge in [-0.3, -0.25) is 0 Å². The largest absolute Gasteiger partial charge is 0.340 e. The van der Waals surface area contributed by atoms with Crippen LogP contribution in [0.4, 0.5) is 0 Å². The van der Waals surface area contributed by atoms with E-state index >= 15 is 0 Å². The van der Waals surface area contributed by atoms with Crippen molar-refractivity contribution < 1.29 is 0 Å². The Labute approximate surface area is 97.7 Å². The Kier molecular flexibility index (Phi) is 3.09. The highest BCUT2D eigenvalue weighted by molar-refractivity contribution is 7.16. The summed E-state index contributed by atoms with van der Waals surface area (Å²) in [6.07, 6.45) is 3.81. The molecule has 0 aliphatic heterocycles. The van der Waals surface area contributed by atoms with Crippen molar-refractivity contribution in [2.75, 3.05) is 7.05 Å². The maximum Gasteiger partial charge on any atom is 0.0947 e. The molecule has 3 nitrogen and oxygen atoms in total. The number of thiophene rings is 1. The van der Waals surface area contributed by atoms with Gasteiger partial charge in [0, 0.05) is 18.1 Å². The van der Waals surface area contributed by atoms with Crippen molar-refractivity contribution in [3.63, 3.8) is 0 Å². The highest BCUT2D eigenvalue weighted by Crippen LogP contribution is 2.29. The fourth-order valence-electron chi connectivity index (χ4n) is 1.50. The van der Waals surface area contributed by atoms with Gasteiger partial charge in [0.1, 0.15) is 0 Å². The van der Waals surface area contributed by atoms with E-state index in [9.17, 15) is 0 Å². The van der Waals surface area contributed by atoms with Gasteiger partial charge < -0.3 is 9.88 Å². The first-order valence-corrected chi connectivity index (χ1v) is 5.80. The topological polar surface area (TPSA) is 29.9 Å². The third kappa shape index (κ3) is 2.22. The van der Waals surface area contributed by atoms with E-state index in [0.29, 0.717) is 0 Å². The molecular formula is C10H12ClN3S. The summed E-state index contributed by atoms with van der Waals surface area (Å²) in [6.45, 7) is 0. The lowest BCUT2D eigenvalue weighted by atomic mass is 10.2. The Morgan fingerprint density at radius 3 is 2.80 bits per heavy atom. The van der Waals surface area contributed by atoms with Crippen molar-refractivity contribution in [3.05, 3.63) is 39.6 Å². The highest BCUT2D eigenvalue weighted by Gasteiger charge is 2.16. The molecule has 0 saturated heterocycles. The molecule has 0 aliphatic carbocycles. The molecule has 2 aromatic rings. The SMILES string of the molecule is CNC(c1cn(C)cn1)c1ccc(Cl)s1. The zero-order valence-corrected chi connectivity index (χ0v) is 10.1. The molecule has 0 saturated carbocycles. The lowest BCUT2D eigenvalue weighted by molar-refractivity contribution is 0.685. The molecule has 1 atom stereocenters. The number of aromatic nitrogens is 2. The van der Waals surface area contributed by atoms with Crippen molar-refractivity contribution in [3.8, 4) is 0 Å². The fourth-order valence-corrected chi connectivity index (χ4v) is 2.69. The minimum atomic E-state index is 0.128. The first-order valence-electron chi connectivity index (χ1n) is 4.61. The summed E-state index contributed by atoms with van der Waals surface area (Å²) in [5, 5.41) is 3.24. The molecule has 80 valence electrons. The molecular weight excluding hydrogens is 230 g/mol. The first-order chi connectivity index (χ1) is 7.20. The van der Waals surface area contributed by atoms with Crippen LogP contribution in [-0.4, -0.2) is 16.6 Å². The second-order valence-electron chi connectivity index (χ2n) is 3.33. The Hall–Kier alpha value is -0.840. The third-order valence-electron chi connectivity index (χ3n) is 2.19. The Balaban J connectivity index is 2.32. The molecule has 0 fully saturated rings. The molecule has 0 spiro atoms. The number of hydrogen-bond donors (Lipinski definition) is 1. The van der Waals surface area contributed by atoms with Crippen LogP contribution in [0.3, 0.4) is 0 Å². The Morgan fingerprint density at radius 2 is 2.33 bits per heavy atom. The molecule has 0 aromatic carbocycles. The first kappa shape index (κ1) is 10.7. The summed E-state index contributed by atoms with van der Waals surface area (Å²) in [6, 6.07) is 4.07. The average molecular weight is 242 g/mol. The summed E-state index contributed by atoms with van der Waals surface area (Å²) in [4.78, 5) is 5.52. The number of imidazole rings is 1. The van der Waals surface area contributed by atoms with Gasteiger partial charge in [0.05, 0.1) is 22.4 Å². The zero-order chi connectivity index (χ0) is 10.8. The van der Waals surface area contributed by atoms with Gasteiger partial charge in [0.2, 0.25) is 0 Å². The van der Waals surface area contributed by atoms with Crippen LogP contribution in [0.15, 0.2) is 24.7 Å².